The molecule has 23 heavy (non-hydrogen) atoms. The van der Waals surface area contributed by atoms with E-state index in [1.165, 1.54) is 36.2 Å². The molecule has 2 aliphatic heterocycles. The molecule has 2 bridgehead atoms. The Kier molecular flexibility index (Phi) is 2.78. The first-order chi connectivity index (χ1) is 11.3. The van der Waals surface area contributed by atoms with Crippen LogP contribution in [-0.4, -0.2) is 23.9 Å². The average molecular weight is 304 g/mol. The van der Waals surface area contributed by atoms with Crippen LogP contribution in [0.15, 0.2) is 53.5 Å². The molecule has 1 saturated carbocycles. The quantitative estimate of drug-likeness (QED) is 0.826. The van der Waals surface area contributed by atoms with Gasteiger partial charge in [0.15, 0.2) is 0 Å². The van der Waals surface area contributed by atoms with E-state index in [9.17, 15) is 0 Å². The first kappa shape index (κ1) is 13.2. The third-order valence-corrected chi connectivity index (χ3v) is 5.59. The van der Waals surface area contributed by atoms with Crippen molar-refractivity contribution in [2.45, 2.75) is 31.3 Å². The number of nitrogens with zero attached hydrogens (tertiary/aromatic N) is 2. The van der Waals surface area contributed by atoms with E-state index in [-0.39, 0.29) is 0 Å². The van der Waals surface area contributed by atoms with E-state index in [2.05, 4.69) is 53.4 Å². The molecule has 0 radical (unpaired) electrons. The maximum absolute atomic E-state index is 5.41. The van der Waals surface area contributed by atoms with Gasteiger partial charge < -0.3 is 9.64 Å². The van der Waals surface area contributed by atoms with Crippen LogP contribution in [0.5, 0.6) is 5.75 Å². The lowest BCUT2D eigenvalue weighted by molar-refractivity contribution is 0.275. The van der Waals surface area contributed by atoms with Crippen molar-refractivity contribution in [1.82, 2.24) is 4.90 Å². The summed E-state index contributed by atoms with van der Waals surface area (Å²) >= 11 is 0. The zero-order chi connectivity index (χ0) is 15.4. The summed E-state index contributed by atoms with van der Waals surface area (Å²) < 4.78 is 5.41. The standard InChI is InChI=1S/C20H20N2O/c1-23-16-9-10-17-18(12-16)21-20-14-7-8-15(11-14)22(20)19(17)13-5-3-2-4-6-13/h2-6,9-10,12,14-15,19H,7-8,11H2,1H3. The van der Waals surface area contributed by atoms with Gasteiger partial charge >= 0.3 is 0 Å². The maximum Gasteiger partial charge on any atom is 0.121 e. The molecule has 0 spiro atoms. The molecule has 116 valence electrons. The predicted molar refractivity (Wildman–Crippen MR) is 91.3 cm³/mol. The van der Waals surface area contributed by atoms with Crippen molar-refractivity contribution in [2.75, 3.05) is 7.11 Å². The van der Waals surface area contributed by atoms with Crippen LogP contribution in [0.2, 0.25) is 0 Å². The number of benzene rings is 2. The fourth-order valence-electron chi connectivity index (χ4n) is 4.56. The summed E-state index contributed by atoms with van der Waals surface area (Å²) in [7, 11) is 1.72. The van der Waals surface area contributed by atoms with Gasteiger partial charge in [-0.2, -0.15) is 0 Å². The number of piperidine rings is 1. The molecule has 3 atom stereocenters. The molecule has 0 aromatic heterocycles. The molecule has 0 amide bonds. The summed E-state index contributed by atoms with van der Waals surface area (Å²) in [5.41, 5.74) is 3.74. The third-order valence-electron chi connectivity index (χ3n) is 5.59. The Bertz CT molecular complexity index is 783. The Morgan fingerprint density at radius 2 is 1.96 bits per heavy atom. The van der Waals surface area contributed by atoms with Crippen molar-refractivity contribution in [3.63, 3.8) is 0 Å². The molecule has 3 unspecified atom stereocenters. The highest BCUT2D eigenvalue weighted by molar-refractivity contribution is 5.93. The lowest BCUT2D eigenvalue weighted by Crippen LogP contribution is -2.42. The summed E-state index contributed by atoms with van der Waals surface area (Å²) in [4.78, 5) is 7.63. The Hall–Kier alpha value is -2.29. The van der Waals surface area contributed by atoms with Crippen molar-refractivity contribution in [2.24, 2.45) is 10.9 Å². The van der Waals surface area contributed by atoms with Crippen LogP contribution >= 0.6 is 0 Å². The fourth-order valence-corrected chi connectivity index (χ4v) is 4.56. The van der Waals surface area contributed by atoms with Crippen molar-refractivity contribution in [1.29, 1.82) is 0 Å². The molecule has 0 N–H and O–H groups in total. The SMILES string of the molecule is COc1ccc2c(c1)N=C1C3CCC(C3)N1C2c1ccccc1. The van der Waals surface area contributed by atoms with E-state index in [0.29, 0.717) is 18.0 Å². The number of ether oxygens (including phenoxy) is 1. The Labute approximate surface area is 136 Å². The van der Waals surface area contributed by atoms with Gasteiger partial charge in [0.05, 0.1) is 18.8 Å². The molecule has 3 aliphatic rings. The van der Waals surface area contributed by atoms with Crippen LogP contribution in [-0.2, 0) is 0 Å². The first-order valence-electron chi connectivity index (χ1n) is 8.45. The molecule has 3 heteroatoms. The van der Waals surface area contributed by atoms with Crippen LogP contribution in [0.25, 0.3) is 0 Å². The zero-order valence-corrected chi connectivity index (χ0v) is 13.3. The molecule has 2 heterocycles. The molecular weight excluding hydrogens is 284 g/mol. The second kappa shape index (κ2) is 4.85. The second-order valence-electron chi connectivity index (χ2n) is 6.78. The summed E-state index contributed by atoms with van der Waals surface area (Å²) in [6.45, 7) is 0. The fraction of sp³-hybridized carbons (Fsp3) is 0.350. The predicted octanol–water partition coefficient (Wildman–Crippen LogP) is 4.31. The van der Waals surface area contributed by atoms with Crippen molar-refractivity contribution in [3.05, 3.63) is 59.7 Å². The van der Waals surface area contributed by atoms with Crippen LogP contribution in [0, 0.1) is 5.92 Å². The van der Waals surface area contributed by atoms with Gasteiger partial charge in [-0.25, -0.2) is 4.99 Å². The topological polar surface area (TPSA) is 24.8 Å². The Morgan fingerprint density at radius 1 is 1.09 bits per heavy atom. The molecule has 3 nitrogen and oxygen atoms in total. The maximum atomic E-state index is 5.41. The Morgan fingerprint density at radius 3 is 2.78 bits per heavy atom. The second-order valence-corrected chi connectivity index (χ2v) is 6.78. The average Bonchev–Trinajstić information content (AvgIpc) is 3.22. The van der Waals surface area contributed by atoms with E-state index in [1.807, 2.05) is 0 Å². The molecule has 5 rings (SSSR count). The van der Waals surface area contributed by atoms with E-state index in [1.54, 1.807) is 7.11 Å². The highest BCUT2D eigenvalue weighted by Crippen LogP contribution is 2.51. The van der Waals surface area contributed by atoms with Crippen LogP contribution in [0.4, 0.5) is 5.69 Å². The normalized spacial score (nSPS) is 27.4. The molecule has 2 fully saturated rings. The van der Waals surface area contributed by atoms with Gasteiger partial charge in [0.1, 0.15) is 11.6 Å². The smallest absolute Gasteiger partial charge is 0.121 e. The number of fused-ring (bicyclic) bond motifs is 6. The van der Waals surface area contributed by atoms with Gasteiger partial charge in [0.2, 0.25) is 0 Å². The minimum Gasteiger partial charge on any atom is -0.497 e. The monoisotopic (exact) mass is 304 g/mol. The third kappa shape index (κ3) is 1.86. The number of amidine groups is 1. The molecule has 1 saturated heterocycles. The summed E-state index contributed by atoms with van der Waals surface area (Å²) in [5, 5.41) is 0. The zero-order valence-electron chi connectivity index (χ0n) is 13.3. The van der Waals surface area contributed by atoms with Crippen LogP contribution in [0.1, 0.15) is 36.4 Å². The summed E-state index contributed by atoms with van der Waals surface area (Å²) in [6.07, 6.45) is 3.87. The molecular formula is C20H20N2O. The van der Waals surface area contributed by atoms with Crippen LogP contribution < -0.4 is 4.74 Å². The molecule has 2 aromatic rings. The molecule has 1 aliphatic carbocycles. The van der Waals surface area contributed by atoms with E-state index >= 15 is 0 Å². The highest BCUT2D eigenvalue weighted by Gasteiger charge is 2.48. The number of aliphatic imine (C=N–C) groups is 1. The minimum absolute atomic E-state index is 0.292. The summed E-state index contributed by atoms with van der Waals surface area (Å²) in [5.74, 6) is 2.83. The van der Waals surface area contributed by atoms with Crippen molar-refractivity contribution < 1.29 is 4.74 Å². The largest absolute Gasteiger partial charge is 0.497 e. The Balaban J connectivity index is 1.71. The van der Waals surface area contributed by atoms with Crippen LogP contribution in [0.3, 0.4) is 0 Å². The number of rotatable bonds is 2. The van der Waals surface area contributed by atoms with Gasteiger partial charge in [0, 0.05) is 23.6 Å². The van der Waals surface area contributed by atoms with Crippen molar-refractivity contribution >= 4 is 11.5 Å². The first-order valence-corrected chi connectivity index (χ1v) is 8.45. The number of methoxy groups -OCH3 is 1. The van der Waals surface area contributed by atoms with E-state index in [4.69, 9.17) is 9.73 Å². The minimum atomic E-state index is 0.292. The lowest BCUT2D eigenvalue weighted by atomic mass is 9.91. The van der Waals surface area contributed by atoms with E-state index in [0.717, 1.165) is 11.4 Å². The lowest BCUT2D eigenvalue weighted by Gasteiger charge is -2.41. The number of hydrogen-bond donors (Lipinski definition) is 0. The van der Waals surface area contributed by atoms with E-state index < -0.39 is 0 Å². The van der Waals surface area contributed by atoms with Crippen molar-refractivity contribution in [3.8, 4) is 5.75 Å². The molecule has 2 aromatic carbocycles. The summed E-state index contributed by atoms with van der Waals surface area (Å²) in [6, 6.07) is 18.1. The van der Waals surface area contributed by atoms with Gasteiger partial charge in [-0.15, -0.1) is 0 Å². The highest BCUT2D eigenvalue weighted by atomic mass is 16.5. The van der Waals surface area contributed by atoms with Gasteiger partial charge in [-0.05, 0) is 30.9 Å². The van der Waals surface area contributed by atoms with Gasteiger partial charge in [-0.3, -0.25) is 0 Å². The van der Waals surface area contributed by atoms with Gasteiger partial charge in [0.25, 0.3) is 0 Å². The number of hydrogen-bond acceptors (Lipinski definition) is 3. The van der Waals surface area contributed by atoms with Gasteiger partial charge in [-0.1, -0.05) is 36.4 Å².